The number of pyridine rings is 1. The Morgan fingerprint density at radius 2 is 1.71 bits per heavy atom. The summed E-state index contributed by atoms with van der Waals surface area (Å²) in [6, 6.07) is 15.8. The molecule has 2 heterocycles. The summed E-state index contributed by atoms with van der Waals surface area (Å²) in [4.78, 5) is 12.8. The van der Waals surface area contributed by atoms with Gasteiger partial charge in [0.25, 0.3) is 0 Å². The number of aromatic hydroxyl groups is 1. The van der Waals surface area contributed by atoms with Crippen LogP contribution in [0.1, 0.15) is 25.2 Å². The molecule has 0 unspecified atom stereocenters. The van der Waals surface area contributed by atoms with Crippen LogP contribution in [0.5, 0.6) is 5.75 Å². The van der Waals surface area contributed by atoms with Crippen LogP contribution in [0.4, 0.5) is 0 Å². The number of nitrogens with zero attached hydrogens (tertiary/aromatic N) is 2. The number of rotatable bonds is 8. The van der Waals surface area contributed by atoms with E-state index in [-0.39, 0.29) is 16.2 Å². The van der Waals surface area contributed by atoms with Crippen LogP contribution in [0, 0.1) is 0 Å². The van der Waals surface area contributed by atoms with Crippen molar-refractivity contribution in [2.45, 2.75) is 30.7 Å². The number of aromatic nitrogens is 3. The van der Waals surface area contributed by atoms with Gasteiger partial charge >= 0.3 is 0 Å². The number of phenolic OH excluding ortho intramolecular Hbond substituents is 1. The molecule has 0 aliphatic heterocycles. The monoisotopic (exact) mass is 510 g/mol. The molecule has 0 saturated heterocycles. The molecule has 4 rings (SSSR count). The van der Waals surface area contributed by atoms with Gasteiger partial charge in [0, 0.05) is 48.3 Å². The van der Waals surface area contributed by atoms with Crippen LogP contribution in [0.25, 0.3) is 22.5 Å². The maximum atomic E-state index is 11.7. The number of halogens is 1. The highest BCUT2D eigenvalue weighted by molar-refractivity contribution is 7.90. The van der Waals surface area contributed by atoms with Crippen molar-refractivity contribution >= 4 is 21.4 Å². The Balaban J connectivity index is 1.58. The first kappa shape index (κ1) is 24.9. The van der Waals surface area contributed by atoms with Crippen LogP contribution in [0.15, 0.2) is 71.9 Å². The fourth-order valence-corrected chi connectivity index (χ4v) is 4.50. The van der Waals surface area contributed by atoms with Crippen LogP contribution >= 0.6 is 11.6 Å². The molecule has 35 heavy (non-hydrogen) atoms. The number of aromatic amines is 1. The first-order valence-corrected chi connectivity index (χ1v) is 13.3. The summed E-state index contributed by atoms with van der Waals surface area (Å²) in [6.07, 6.45) is 4.65. The van der Waals surface area contributed by atoms with Crippen molar-refractivity contribution < 1.29 is 13.5 Å². The number of nitrogens with one attached hydrogen (secondary N) is 2. The highest BCUT2D eigenvalue weighted by atomic mass is 35.5. The zero-order valence-electron chi connectivity index (χ0n) is 19.7. The fraction of sp³-hybridized carbons (Fsp3) is 0.231. The second-order valence-corrected chi connectivity index (χ2v) is 11.5. The number of phenols is 1. The Morgan fingerprint density at radius 3 is 2.34 bits per heavy atom. The van der Waals surface area contributed by atoms with Crippen molar-refractivity contribution in [1.29, 1.82) is 0 Å². The maximum Gasteiger partial charge on any atom is 0.175 e. The molecular formula is C26H27ClN4O3S. The molecule has 0 bridgehead atoms. The zero-order valence-corrected chi connectivity index (χ0v) is 21.3. The largest absolute Gasteiger partial charge is 0.506 e. The summed E-state index contributed by atoms with van der Waals surface area (Å²) in [7, 11) is -3.21. The Hall–Kier alpha value is -3.20. The smallest absolute Gasteiger partial charge is 0.175 e. The molecule has 2 aromatic carbocycles. The molecule has 2 aromatic heterocycles. The number of imidazole rings is 1. The van der Waals surface area contributed by atoms with E-state index < -0.39 is 9.84 Å². The maximum absolute atomic E-state index is 11.7. The average molecular weight is 511 g/mol. The van der Waals surface area contributed by atoms with Crippen LogP contribution in [-0.4, -0.2) is 41.3 Å². The van der Waals surface area contributed by atoms with Gasteiger partial charge < -0.3 is 15.4 Å². The summed E-state index contributed by atoms with van der Waals surface area (Å²) < 4.78 is 23.3. The fourth-order valence-electron chi connectivity index (χ4n) is 3.75. The lowest BCUT2D eigenvalue weighted by Gasteiger charge is -2.23. The molecule has 0 amide bonds. The highest BCUT2D eigenvalue weighted by Gasteiger charge is 2.27. The van der Waals surface area contributed by atoms with Crippen molar-refractivity contribution in [3.8, 4) is 28.3 Å². The zero-order chi connectivity index (χ0) is 25.2. The third-order valence-corrected chi connectivity index (χ3v) is 7.23. The minimum atomic E-state index is -3.21. The Labute approximate surface area is 210 Å². The van der Waals surface area contributed by atoms with Gasteiger partial charge in [-0.3, -0.25) is 4.98 Å². The van der Waals surface area contributed by atoms with Crippen LogP contribution in [0.3, 0.4) is 0 Å². The molecular weight excluding hydrogens is 484 g/mol. The van der Waals surface area contributed by atoms with Crippen LogP contribution in [-0.2, 0) is 21.8 Å². The van der Waals surface area contributed by atoms with E-state index in [2.05, 4.69) is 29.1 Å². The molecule has 3 N–H and O–H groups in total. The van der Waals surface area contributed by atoms with Crippen molar-refractivity contribution in [3.05, 3.63) is 83.4 Å². The van der Waals surface area contributed by atoms with Crippen molar-refractivity contribution in [2.75, 3.05) is 12.8 Å². The molecule has 0 aliphatic carbocycles. The summed E-state index contributed by atoms with van der Waals surface area (Å²) in [6.45, 7) is 5.38. The second kappa shape index (κ2) is 9.81. The normalized spacial score (nSPS) is 12.1. The highest BCUT2D eigenvalue weighted by Crippen LogP contribution is 2.36. The third kappa shape index (κ3) is 5.73. The van der Waals surface area contributed by atoms with Crippen molar-refractivity contribution in [1.82, 2.24) is 20.3 Å². The molecule has 0 aliphatic rings. The van der Waals surface area contributed by atoms with Gasteiger partial charge in [-0.15, -0.1) is 0 Å². The predicted molar refractivity (Wildman–Crippen MR) is 138 cm³/mol. The van der Waals surface area contributed by atoms with E-state index in [4.69, 9.17) is 16.6 Å². The molecule has 182 valence electrons. The molecule has 9 heteroatoms. The van der Waals surface area contributed by atoms with E-state index in [0.29, 0.717) is 23.7 Å². The number of benzene rings is 2. The summed E-state index contributed by atoms with van der Waals surface area (Å²) in [5, 5.41) is 13.9. The lowest BCUT2D eigenvalue weighted by atomic mass is 9.92. The Kier molecular flexibility index (Phi) is 6.98. The van der Waals surface area contributed by atoms with Gasteiger partial charge in [0.2, 0.25) is 0 Å². The second-order valence-electron chi connectivity index (χ2n) is 9.11. The Bertz CT molecular complexity index is 1430. The van der Waals surface area contributed by atoms with Gasteiger partial charge in [0.1, 0.15) is 11.6 Å². The molecule has 0 radical (unpaired) electrons. The van der Waals surface area contributed by atoms with Gasteiger partial charge in [-0.1, -0.05) is 43.6 Å². The number of hydrogen-bond acceptors (Lipinski definition) is 6. The standard InChI is InChI=1S/C26H27ClN4O3S/c1-26(2,16-29-15-17-4-7-20(8-5-17)35(3,33)34)25-30-23(18-10-12-28-13-11-18)24(31-25)19-6-9-21(27)22(32)14-19/h4-14,29,32H,15-16H2,1-3H3,(H,30,31). The summed E-state index contributed by atoms with van der Waals surface area (Å²) in [5.41, 5.74) is 3.84. The van der Waals surface area contributed by atoms with E-state index >= 15 is 0 Å². The van der Waals surface area contributed by atoms with Crippen molar-refractivity contribution in [2.24, 2.45) is 0 Å². The van der Waals surface area contributed by atoms with Gasteiger partial charge in [-0.2, -0.15) is 0 Å². The average Bonchev–Trinajstić information content (AvgIpc) is 3.28. The van der Waals surface area contributed by atoms with E-state index in [1.54, 1.807) is 36.7 Å². The molecule has 0 atom stereocenters. The quantitative estimate of drug-likeness (QED) is 0.309. The van der Waals surface area contributed by atoms with E-state index in [9.17, 15) is 13.5 Å². The minimum Gasteiger partial charge on any atom is -0.506 e. The first-order chi connectivity index (χ1) is 16.5. The van der Waals surface area contributed by atoms with E-state index in [1.165, 1.54) is 6.26 Å². The number of sulfone groups is 1. The number of H-pyrrole nitrogens is 1. The third-order valence-electron chi connectivity index (χ3n) is 5.78. The predicted octanol–water partition coefficient (Wildman–Crippen LogP) is 4.97. The summed E-state index contributed by atoms with van der Waals surface area (Å²) in [5.74, 6) is 0.783. The SMILES string of the molecule is CC(C)(CNCc1ccc(S(C)(=O)=O)cc1)c1nc(-c2ccc(Cl)c(O)c2)c(-c2ccncc2)[nH]1. The van der Waals surface area contributed by atoms with Gasteiger partial charge in [-0.05, 0) is 42.0 Å². The van der Waals surface area contributed by atoms with Gasteiger partial charge in [-0.25, -0.2) is 13.4 Å². The summed E-state index contributed by atoms with van der Waals surface area (Å²) >= 11 is 6.02. The lowest BCUT2D eigenvalue weighted by molar-refractivity contribution is 0.448. The van der Waals surface area contributed by atoms with Crippen molar-refractivity contribution in [3.63, 3.8) is 0 Å². The minimum absolute atomic E-state index is 0.00258. The molecule has 7 nitrogen and oxygen atoms in total. The lowest BCUT2D eigenvalue weighted by Crippen LogP contribution is -2.33. The molecule has 0 fully saturated rings. The molecule has 4 aromatic rings. The Morgan fingerprint density at radius 1 is 1.03 bits per heavy atom. The van der Waals surface area contributed by atoms with Gasteiger partial charge in [0.05, 0.1) is 21.3 Å². The first-order valence-electron chi connectivity index (χ1n) is 11.0. The van der Waals surface area contributed by atoms with Crippen LogP contribution in [0.2, 0.25) is 5.02 Å². The molecule has 0 saturated carbocycles. The molecule has 0 spiro atoms. The van der Waals surface area contributed by atoms with Gasteiger partial charge in [0.15, 0.2) is 9.84 Å². The van der Waals surface area contributed by atoms with E-state index in [1.807, 2.05) is 30.3 Å². The van der Waals surface area contributed by atoms with Crippen LogP contribution < -0.4 is 5.32 Å². The van der Waals surface area contributed by atoms with E-state index in [0.717, 1.165) is 28.2 Å². The number of hydrogen-bond donors (Lipinski definition) is 3. The topological polar surface area (TPSA) is 108 Å².